The van der Waals surface area contributed by atoms with Crippen LogP contribution in [0.25, 0.3) is 11.1 Å². The number of halogens is 1. The predicted octanol–water partition coefficient (Wildman–Crippen LogP) is 5.48. The Balaban J connectivity index is 0.000000600. The lowest BCUT2D eigenvalue weighted by Gasteiger charge is -2.16. The zero-order valence-corrected chi connectivity index (χ0v) is 25.2. The Hall–Kier alpha value is -4.08. The maximum atomic E-state index is 11.8. The summed E-state index contributed by atoms with van der Waals surface area (Å²) in [7, 11) is 3.07. The number of para-hydroxylation sites is 1. The van der Waals surface area contributed by atoms with Crippen molar-refractivity contribution in [2.24, 2.45) is 0 Å². The average molecular weight is 607 g/mol. The number of rotatable bonds is 8. The van der Waals surface area contributed by atoms with Crippen LogP contribution >= 0.6 is 20.1 Å². The van der Waals surface area contributed by atoms with Gasteiger partial charge in [0.1, 0.15) is 10.8 Å². The van der Waals surface area contributed by atoms with Crippen LogP contribution in [0, 0.1) is 6.92 Å². The second-order valence-corrected chi connectivity index (χ2v) is 10.2. The molecule has 218 valence electrons. The van der Waals surface area contributed by atoms with E-state index in [1.807, 2.05) is 37.3 Å². The number of carbonyl (C=O) groups excluding carboxylic acids is 1. The van der Waals surface area contributed by atoms with Gasteiger partial charge in [-0.1, -0.05) is 35.9 Å². The van der Waals surface area contributed by atoms with Crippen LogP contribution in [0.2, 0.25) is 5.02 Å². The number of ether oxygens (including phenoxy) is 2. The molecule has 5 rings (SSSR count). The van der Waals surface area contributed by atoms with Crippen molar-refractivity contribution >= 4 is 54.4 Å². The second-order valence-electron chi connectivity index (χ2n) is 9.13. The van der Waals surface area contributed by atoms with Crippen molar-refractivity contribution < 1.29 is 18.8 Å². The fourth-order valence-electron chi connectivity index (χ4n) is 4.15. The number of nitrogens with zero attached hydrogens (tertiary/aromatic N) is 2. The molecule has 1 aromatic heterocycles. The Bertz CT molecular complexity index is 1520. The molecule has 0 aliphatic carbocycles. The van der Waals surface area contributed by atoms with E-state index < -0.39 is 0 Å². The summed E-state index contributed by atoms with van der Waals surface area (Å²) in [5, 5.41) is 13.0. The Morgan fingerprint density at radius 1 is 1.05 bits per heavy atom. The molecule has 1 aliphatic heterocycles. The highest BCUT2D eigenvalue weighted by Crippen LogP contribution is 2.36. The van der Waals surface area contributed by atoms with Gasteiger partial charge < -0.3 is 30.7 Å². The third kappa shape index (κ3) is 8.02. The molecule has 0 radical (unpaired) electrons. The first-order valence-corrected chi connectivity index (χ1v) is 14.4. The first-order valence-electron chi connectivity index (χ1n) is 13.2. The Morgan fingerprint density at radius 2 is 1.79 bits per heavy atom. The van der Waals surface area contributed by atoms with Crippen LogP contribution in [0.4, 0.5) is 23.1 Å². The number of benzene rings is 3. The molecule has 1 amide bonds. The minimum Gasteiger partial charge on any atom is -0.495 e. The van der Waals surface area contributed by atoms with Crippen molar-refractivity contribution in [2.45, 2.75) is 6.92 Å². The molecule has 42 heavy (non-hydrogen) atoms. The number of carbonyl (C=O) groups is 1. The van der Waals surface area contributed by atoms with Gasteiger partial charge in [-0.05, 0) is 60.0 Å². The Morgan fingerprint density at radius 3 is 2.40 bits per heavy atom. The highest BCUT2D eigenvalue weighted by molar-refractivity contribution is 7.34. The summed E-state index contributed by atoms with van der Waals surface area (Å²) >= 11 is 6.31. The van der Waals surface area contributed by atoms with Crippen LogP contribution in [0.3, 0.4) is 0 Å². The summed E-state index contributed by atoms with van der Waals surface area (Å²) in [5.74, 6) is 1.13. The minimum atomic E-state index is -0.136. The molecule has 0 unspecified atom stereocenters. The smallest absolute Gasteiger partial charge is 0.251 e. The van der Waals surface area contributed by atoms with Crippen LogP contribution < -0.4 is 31.3 Å². The lowest BCUT2D eigenvalue weighted by molar-refractivity contribution is 0.0963. The number of methoxy groups -OCH3 is 1. The first-order chi connectivity index (χ1) is 20.4. The zero-order valence-electron chi connectivity index (χ0n) is 23.5. The van der Waals surface area contributed by atoms with E-state index in [1.165, 1.54) is 6.20 Å². The SMILES string of the molecule is C1COCCN1.CNC(=O)c1ccc(-c2cc(OC)c(Nc3ncc(Cl)c(Nc4ccccc4P=O)n3)cc2C)cc1. The van der Waals surface area contributed by atoms with Crippen LogP contribution in [-0.4, -0.2) is 56.3 Å². The van der Waals surface area contributed by atoms with Gasteiger partial charge in [0.05, 0.1) is 43.2 Å². The molecule has 1 fully saturated rings. The molecule has 12 heteroatoms. The van der Waals surface area contributed by atoms with Gasteiger partial charge in [0.15, 0.2) is 14.3 Å². The van der Waals surface area contributed by atoms with E-state index in [9.17, 15) is 9.36 Å². The fourth-order valence-corrected chi connectivity index (χ4v) is 4.66. The number of aromatic nitrogens is 2. The normalized spacial score (nSPS) is 12.6. The van der Waals surface area contributed by atoms with Gasteiger partial charge in [0.25, 0.3) is 5.91 Å². The fraction of sp³-hybridized carbons (Fsp3) is 0.233. The van der Waals surface area contributed by atoms with Crippen molar-refractivity contribution in [2.75, 3.05) is 51.1 Å². The minimum absolute atomic E-state index is 0.116. The van der Waals surface area contributed by atoms with Gasteiger partial charge in [-0.15, -0.1) is 0 Å². The van der Waals surface area contributed by atoms with Crippen molar-refractivity contribution in [3.05, 3.63) is 83.0 Å². The summed E-state index contributed by atoms with van der Waals surface area (Å²) in [6, 6.07) is 18.4. The average Bonchev–Trinajstić information content (AvgIpc) is 3.04. The molecular formula is C30H32ClN6O4P. The number of hydrogen-bond donors (Lipinski definition) is 4. The van der Waals surface area contributed by atoms with Crippen LogP contribution in [0.1, 0.15) is 15.9 Å². The van der Waals surface area contributed by atoms with Crippen LogP contribution in [0.5, 0.6) is 5.75 Å². The van der Waals surface area contributed by atoms with E-state index in [2.05, 4.69) is 31.2 Å². The molecule has 0 saturated carbocycles. The van der Waals surface area contributed by atoms with Crippen LogP contribution in [-0.2, 0) is 9.30 Å². The van der Waals surface area contributed by atoms with Crippen molar-refractivity contribution in [3.8, 4) is 16.9 Å². The number of anilines is 4. The zero-order chi connectivity index (χ0) is 29.9. The van der Waals surface area contributed by atoms with Crippen LogP contribution in [0.15, 0.2) is 66.9 Å². The lowest BCUT2D eigenvalue weighted by atomic mass is 9.98. The van der Waals surface area contributed by atoms with Gasteiger partial charge in [0.2, 0.25) is 5.95 Å². The maximum Gasteiger partial charge on any atom is 0.251 e. The molecule has 4 aromatic rings. The summed E-state index contributed by atoms with van der Waals surface area (Å²) in [5.41, 5.74) is 4.80. The Kier molecular flexibility index (Phi) is 11.2. The molecule has 2 heterocycles. The van der Waals surface area contributed by atoms with Crippen molar-refractivity contribution in [3.63, 3.8) is 0 Å². The van der Waals surface area contributed by atoms with E-state index in [1.54, 1.807) is 44.5 Å². The highest BCUT2D eigenvalue weighted by atomic mass is 35.5. The first kappa shape index (κ1) is 30.9. The van der Waals surface area contributed by atoms with Gasteiger partial charge in [-0.3, -0.25) is 9.36 Å². The quantitative estimate of drug-likeness (QED) is 0.193. The molecule has 1 aliphatic rings. The van der Waals surface area contributed by atoms with Gasteiger partial charge in [-0.2, -0.15) is 4.98 Å². The van der Waals surface area contributed by atoms with Gasteiger partial charge in [0, 0.05) is 25.7 Å². The van der Waals surface area contributed by atoms with E-state index in [0.717, 1.165) is 43.0 Å². The second kappa shape index (κ2) is 15.2. The molecule has 3 aromatic carbocycles. The molecule has 0 bridgehead atoms. The number of hydrogen-bond acceptors (Lipinski definition) is 9. The molecule has 10 nitrogen and oxygen atoms in total. The van der Waals surface area contributed by atoms with E-state index in [0.29, 0.717) is 44.8 Å². The number of nitrogens with one attached hydrogen (secondary N) is 4. The van der Waals surface area contributed by atoms with E-state index in [4.69, 9.17) is 21.1 Å². The molecular weight excluding hydrogens is 575 g/mol. The van der Waals surface area contributed by atoms with E-state index in [-0.39, 0.29) is 14.4 Å². The van der Waals surface area contributed by atoms with Crippen molar-refractivity contribution in [1.82, 2.24) is 20.6 Å². The molecule has 4 N–H and O–H groups in total. The topological polar surface area (TPSA) is 127 Å². The number of morpholine rings is 1. The van der Waals surface area contributed by atoms with Crippen molar-refractivity contribution in [1.29, 1.82) is 0 Å². The summed E-state index contributed by atoms with van der Waals surface area (Å²) in [6.07, 6.45) is 1.48. The summed E-state index contributed by atoms with van der Waals surface area (Å²) < 4.78 is 22.1. The number of amides is 1. The largest absolute Gasteiger partial charge is 0.495 e. The van der Waals surface area contributed by atoms with E-state index >= 15 is 0 Å². The van der Waals surface area contributed by atoms with Gasteiger partial charge in [-0.25, -0.2) is 4.98 Å². The monoisotopic (exact) mass is 606 g/mol. The lowest BCUT2D eigenvalue weighted by Crippen LogP contribution is -2.30. The molecule has 0 atom stereocenters. The number of aryl methyl sites for hydroxylation is 1. The molecule has 1 saturated heterocycles. The highest BCUT2D eigenvalue weighted by Gasteiger charge is 2.14. The standard InChI is InChI=1S/C26H23ClN5O3P.C4H9NO/c1-15-12-21(22(35-3)13-18(15)16-8-10-17(11-9-16)25(33)28-2)31-26-29-14-19(27)24(32-26)30-20-6-4-5-7-23(20)36-34;1-3-6-4-2-5-1/h4-14H,1-3H3,(H,28,33)(H2,29,30,31,32);5H,1-4H2. The predicted molar refractivity (Wildman–Crippen MR) is 168 cm³/mol. The summed E-state index contributed by atoms with van der Waals surface area (Å²) in [4.78, 5) is 20.6. The molecule has 0 spiro atoms. The van der Waals surface area contributed by atoms with Gasteiger partial charge >= 0.3 is 0 Å². The third-order valence-electron chi connectivity index (χ3n) is 6.32. The maximum absolute atomic E-state index is 11.8. The Labute approximate surface area is 251 Å². The third-order valence-corrected chi connectivity index (χ3v) is 7.19. The summed E-state index contributed by atoms with van der Waals surface area (Å²) in [6.45, 7) is 5.82.